The quantitative estimate of drug-likeness (QED) is 0.771. The standard InChI is InChI=1S/C16H23NO4/c1-4-21-13-8-5-12(6-9-13)7-10-14(18)17-11-16(2,3)15(19)20/h5-6,8-9H,4,7,10-11H2,1-3H3,(H,17,18)(H,19,20). The van der Waals surface area contributed by atoms with E-state index in [1.807, 2.05) is 31.2 Å². The van der Waals surface area contributed by atoms with E-state index in [0.29, 0.717) is 19.4 Å². The minimum Gasteiger partial charge on any atom is -0.494 e. The van der Waals surface area contributed by atoms with Gasteiger partial charge in [0.2, 0.25) is 5.91 Å². The number of aryl methyl sites for hydroxylation is 1. The molecule has 1 amide bonds. The molecule has 2 N–H and O–H groups in total. The molecule has 0 fully saturated rings. The number of hydrogen-bond donors (Lipinski definition) is 2. The number of aliphatic carboxylic acids is 1. The van der Waals surface area contributed by atoms with Gasteiger partial charge in [0.25, 0.3) is 0 Å². The number of rotatable bonds is 8. The Morgan fingerprint density at radius 3 is 2.38 bits per heavy atom. The van der Waals surface area contributed by atoms with Crippen LogP contribution in [-0.4, -0.2) is 30.1 Å². The van der Waals surface area contributed by atoms with E-state index < -0.39 is 11.4 Å². The molecule has 0 aromatic heterocycles. The third-order valence-electron chi connectivity index (χ3n) is 3.18. The maximum absolute atomic E-state index is 11.7. The monoisotopic (exact) mass is 293 g/mol. The van der Waals surface area contributed by atoms with E-state index in [-0.39, 0.29) is 12.5 Å². The Labute approximate surface area is 125 Å². The van der Waals surface area contributed by atoms with Gasteiger partial charge in [-0.2, -0.15) is 0 Å². The lowest BCUT2D eigenvalue weighted by Gasteiger charge is -2.19. The molecule has 1 aromatic carbocycles. The van der Waals surface area contributed by atoms with Crippen molar-refractivity contribution in [2.75, 3.05) is 13.2 Å². The molecule has 1 rings (SSSR count). The third kappa shape index (κ3) is 5.85. The fourth-order valence-corrected chi connectivity index (χ4v) is 1.66. The van der Waals surface area contributed by atoms with E-state index in [4.69, 9.17) is 9.84 Å². The summed E-state index contributed by atoms with van der Waals surface area (Å²) < 4.78 is 5.35. The molecule has 0 saturated carbocycles. The predicted molar refractivity (Wildman–Crippen MR) is 80.4 cm³/mol. The lowest BCUT2D eigenvalue weighted by Crippen LogP contribution is -2.38. The van der Waals surface area contributed by atoms with Crippen molar-refractivity contribution < 1.29 is 19.4 Å². The van der Waals surface area contributed by atoms with Gasteiger partial charge in [-0.1, -0.05) is 12.1 Å². The van der Waals surface area contributed by atoms with Crippen LogP contribution in [0.3, 0.4) is 0 Å². The van der Waals surface area contributed by atoms with E-state index in [1.54, 1.807) is 13.8 Å². The first kappa shape index (κ1) is 17.0. The molecule has 0 bridgehead atoms. The second kappa shape index (κ2) is 7.67. The normalized spacial score (nSPS) is 11.0. The summed E-state index contributed by atoms with van der Waals surface area (Å²) in [4.78, 5) is 22.7. The van der Waals surface area contributed by atoms with Crippen LogP contribution in [0.5, 0.6) is 5.75 Å². The molecule has 0 heterocycles. The Morgan fingerprint density at radius 1 is 1.24 bits per heavy atom. The first-order chi connectivity index (χ1) is 9.85. The van der Waals surface area contributed by atoms with Gasteiger partial charge in [0.15, 0.2) is 0 Å². The third-order valence-corrected chi connectivity index (χ3v) is 3.18. The molecule has 0 saturated heterocycles. The van der Waals surface area contributed by atoms with Crippen LogP contribution in [0.2, 0.25) is 0 Å². The van der Waals surface area contributed by atoms with Crippen LogP contribution < -0.4 is 10.1 Å². The van der Waals surface area contributed by atoms with Crippen LogP contribution in [0, 0.1) is 5.41 Å². The number of hydrogen-bond acceptors (Lipinski definition) is 3. The largest absolute Gasteiger partial charge is 0.494 e. The summed E-state index contributed by atoms with van der Waals surface area (Å²) in [6, 6.07) is 7.62. The first-order valence-corrected chi connectivity index (χ1v) is 7.07. The van der Waals surface area contributed by atoms with Crippen molar-refractivity contribution in [2.24, 2.45) is 5.41 Å². The van der Waals surface area contributed by atoms with E-state index in [0.717, 1.165) is 11.3 Å². The molecule has 0 aliphatic heterocycles. The highest BCUT2D eigenvalue weighted by Crippen LogP contribution is 2.14. The van der Waals surface area contributed by atoms with Crippen molar-refractivity contribution in [1.29, 1.82) is 0 Å². The van der Waals surface area contributed by atoms with E-state index in [1.165, 1.54) is 0 Å². The summed E-state index contributed by atoms with van der Waals surface area (Å²) in [6.45, 7) is 5.85. The van der Waals surface area contributed by atoms with E-state index in [9.17, 15) is 9.59 Å². The first-order valence-electron chi connectivity index (χ1n) is 7.07. The Morgan fingerprint density at radius 2 is 1.86 bits per heavy atom. The lowest BCUT2D eigenvalue weighted by atomic mass is 9.94. The van der Waals surface area contributed by atoms with Crippen LogP contribution in [0.4, 0.5) is 0 Å². The highest BCUT2D eigenvalue weighted by atomic mass is 16.5. The van der Waals surface area contributed by atoms with Crippen molar-refractivity contribution in [3.8, 4) is 5.75 Å². The second-order valence-corrected chi connectivity index (χ2v) is 5.54. The summed E-state index contributed by atoms with van der Waals surface area (Å²) in [5, 5.41) is 11.6. The molecular formula is C16H23NO4. The van der Waals surface area contributed by atoms with Crippen LogP contribution in [-0.2, 0) is 16.0 Å². The van der Waals surface area contributed by atoms with Crippen LogP contribution in [0.25, 0.3) is 0 Å². The van der Waals surface area contributed by atoms with Gasteiger partial charge in [-0.05, 0) is 44.9 Å². The summed E-state index contributed by atoms with van der Waals surface area (Å²) in [6.07, 6.45) is 0.954. The van der Waals surface area contributed by atoms with Crippen LogP contribution >= 0.6 is 0 Å². The van der Waals surface area contributed by atoms with Crippen LogP contribution in [0.1, 0.15) is 32.8 Å². The van der Waals surface area contributed by atoms with Crippen molar-refractivity contribution in [1.82, 2.24) is 5.32 Å². The smallest absolute Gasteiger partial charge is 0.310 e. The molecular weight excluding hydrogens is 270 g/mol. The summed E-state index contributed by atoms with van der Waals surface area (Å²) in [5.74, 6) is -0.249. The zero-order chi connectivity index (χ0) is 15.9. The maximum Gasteiger partial charge on any atom is 0.310 e. The second-order valence-electron chi connectivity index (χ2n) is 5.54. The number of carboxylic acid groups (broad SMARTS) is 1. The number of carbonyl (C=O) groups is 2. The molecule has 0 aliphatic rings. The molecule has 0 radical (unpaired) electrons. The highest BCUT2D eigenvalue weighted by molar-refractivity contribution is 5.78. The lowest BCUT2D eigenvalue weighted by molar-refractivity contribution is -0.146. The van der Waals surface area contributed by atoms with Crippen molar-refractivity contribution >= 4 is 11.9 Å². The van der Waals surface area contributed by atoms with Gasteiger partial charge in [0, 0.05) is 13.0 Å². The number of nitrogens with one attached hydrogen (secondary N) is 1. The van der Waals surface area contributed by atoms with Crippen molar-refractivity contribution in [3.63, 3.8) is 0 Å². The van der Waals surface area contributed by atoms with Gasteiger partial charge in [0.05, 0.1) is 12.0 Å². The molecule has 0 spiro atoms. The molecule has 0 atom stereocenters. The number of benzene rings is 1. The van der Waals surface area contributed by atoms with Gasteiger partial charge >= 0.3 is 5.97 Å². The van der Waals surface area contributed by atoms with Gasteiger partial charge in [-0.3, -0.25) is 9.59 Å². The molecule has 1 aromatic rings. The van der Waals surface area contributed by atoms with Crippen molar-refractivity contribution in [3.05, 3.63) is 29.8 Å². The Kier molecular flexibility index (Phi) is 6.21. The summed E-state index contributed by atoms with van der Waals surface area (Å²) >= 11 is 0. The Balaban J connectivity index is 2.37. The molecule has 5 heteroatoms. The number of ether oxygens (including phenoxy) is 1. The van der Waals surface area contributed by atoms with E-state index in [2.05, 4.69) is 5.32 Å². The predicted octanol–water partition coefficient (Wildman–Crippen LogP) is 2.24. The Hall–Kier alpha value is -2.04. The zero-order valence-corrected chi connectivity index (χ0v) is 12.8. The zero-order valence-electron chi connectivity index (χ0n) is 12.8. The number of carbonyl (C=O) groups excluding carboxylic acids is 1. The van der Waals surface area contributed by atoms with Gasteiger partial charge in [0.1, 0.15) is 5.75 Å². The molecule has 116 valence electrons. The summed E-state index contributed by atoms with van der Waals surface area (Å²) in [7, 11) is 0. The fraction of sp³-hybridized carbons (Fsp3) is 0.500. The maximum atomic E-state index is 11.7. The summed E-state index contributed by atoms with van der Waals surface area (Å²) in [5.41, 5.74) is 0.0977. The van der Waals surface area contributed by atoms with Gasteiger partial charge in [-0.15, -0.1) is 0 Å². The molecule has 0 unspecified atom stereocenters. The fourth-order valence-electron chi connectivity index (χ4n) is 1.66. The van der Waals surface area contributed by atoms with Crippen molar-refractivity contribution in [2.45, 2.75) is 33.6 Å². The van der Waals surface area contributed by atoms with Gasteiger partial charge < -0.3 is 15.2 Å². The SMILES string of the molecule is CCOc1ccc(CCC(=O)NCC(C)(C)C(=O)O)cc1. The van der Waals surface area contributed by atoms with Gasteiger partial charge in [-0.25, -0.2) is 0 Å². The highest BCUT2D eigenvalue weighted by Gasteiger charge is 2.27. The molecule has 0 aliphatic carbocycles. The molecule has 5 nitrogen and oxygen atoms in total. The number of amides is 1. The average Bonchev–Trinajstić information content (AvgIpc) is 2.44. The van der Waals surface area contributed by atoms with Crippen LogP contribution in [0.15, 0.2) is 24.3 Å². The molecule has 21 heavy (non-hydrogen) atoms. The van der Waals surface area contributed by atoms with E-state index >= 15 is 0 Å². The Bertz CT molecular complexity index is 480. The minimum absolute atomic E-state index is 0.129. The minimum atomic E-state index is -0.950. The topological polar surface area (TPSA) is 75.6 Å². The number of carboxylic acids is 1. The average molecular weight is 293 g/mol.